The Morgan fingerprint density at radius 3 is 2.68 bits per heavy atom. The molecule has 1 aromatic carbocycles. The molecular weight excluding hydrogens is 262 g/mol. The molecule has 0 unspecified atom stereocenters. The van der Waals surface area contributed by atoms with Gasteiger partial charge >= 0.3 is 0 Å². The van der Waals surface area contributed by atoms with E-state index in [1.54, 1.807) is 12.1 Å². The first-order valence-electron chi connectivity index (χ1n) is 6.12. The smallest absolute Gasteiger partial charge is 0.244 e. The lowest BCUT2D eigenvalue weighted by Gasteiger charge is -2.41. The SMILES string of the molecule is CC1(C)CNCCN1S(=O)(=O)c1ccccc1C#N. The molecule has 102 valence electrons. The number of hydrogen-bond acceptors (Lipinski definition) is 4. The largest absolute Gasteiger partial charge is 0.314 e. The predicted octanol–water partition coefficient (Wildman–Crippen LogP) is 0.931. The summed E-state index contributed by atoms with van der Waals surface area (Å²) < 4.78 is 26.9. The third-order valence-corrected chi connectivity index (χ3v) is 5.47. The van der Waals surface area contributed by atoms with E-state index in [1.807, 2.05) is 19.9 Å². The van der Waals surface area contributed by atoms with Crippen LogP contribution in [-0.4, -0.2) is 37.9 Å². The molecule has 0 spiro atoms. The fourth-order valence-corrected chi connectivity index (χ4v) is 4.24. The second-order valence-electron chi connectivity index (χ2n) is 5.17. The molecule has 1 N–H and O–H groups in total. The van der Waals surface area contributed by atoms with Crippen molar-refractivity contribution in [3.05, 3.63) is 29.8 Å². The van der Waals surface area contributed by atoms with Gasteiger partial charge in [0.15, 0.2) is 0 Å². The first-order valence-corrected chi connectivity index (χ1v) is 7.56. The van der Waals surface area contributed by atoms with Gasteiger partial charge < -0.3 is 5.32 Å². The molecule has 19 heavy (non-hydrogen) atoms. The molecular formula is C13H17N3O2S. The number of rotatable bonds is 2. The molecule has 1 aliphatic heterocycles. The van der Waals surface area contributed by atoms with Gasteiger partial charge in [-0.25, -0.2) is 8.42 Å². The van der Waals surface area contributed by atoms with Crippen molar-refractivity contribution >= 4 is 10.0 Å². The van der Waals surface area contributed by atoms with E-state index in [4.69, 9.17) is 5.26 Å². The third-order valence-electron chi connectivity index (χ3n) is 3.30. The molecule has 5 nitrogen and oxygen atoms in total. The van der Waals surface area contributed by atoms with Crippen molar-refractivity contribution in [2.75, 3.05) is 19.6 Å². The molecule has 0 amide bonds. The molecule has 1 fully saturated rings. The molecule has 0 radical (unpaired) electrons. The fraction of sp³-hybridized carbons (Fsp3) is 0.462. The first-order chi connectivity index (χ1) is 8.89. The van der Waals surface area contributed by atoms with Gasteiger partial charge in [0.25, 0.3) is 0 Å². The number of hydrogen-bond donors (Lipinski definition) is 1. The number of sulfonamides is 1. The topological polar surface area (TPSA) is 73.2 Å². The molecule has 0 atom stereocenters. The fourth-order valence-electron chi connectivity index (χ4n) is 2.31. The van der Waals surface area contributed by atoms with Crippen LogP contribution in [0.4, 0.5) is 0 Å². The number of piperazine rings is 1. The van der Waals surface area contributed by atoms with Crippen molar-refractivity contribution in [3.8, 4) is 6.07 Å². The highest BCUT2D eigenvalue weighted by molar-refractivity contribution is 7.89. The number of benzene rings is 1. The van der Waals surface area contributed by atoms with Crippen molar-refractivity contribution in [2.45, 2.75) is 24.3 Å². The zero-order valence-electron chi connectivity index (χ0n) is 11.0. The van der Waals surface area contributed by atoms with Gasteiger partial charge in [0.05, 0.1) is 10.5 Å². The van der Waals surface area contributed by atoms with Crippen LogP contribution in [0.3, 0.4) is 0 Å². The lowest BCUT2D eigenvalue weighted by atomic mass is 10.0. The monoisotopic (exact) mass is 279 g/mol. The van der Waals surface area contributed by atoms with Gasteiger partial charge in [0, 0.05) is 25.2 Å². The van der Waals surface area contributed by atoms with Crippen LogP contribution in [0.1, 0.15) is 19.4 Å². The minimum Gasteiger partial charge on any atom is -0.314 e. The molecule has 6 heteroatoms. The van der Waals surface area contributed by atoms with Crippen molar-refractivity contribution in [3.63, 3.8) is 0 Å². The van der Waals surface area contributed by atoms with Crippen molar-refractivity contribution in [1.82, 2.24) is 9.62 Å². The summed E-state index contributed by atoms with van der Waals surface area (Å²) in [7, 11) is -3.64. The van der Waals surface area contributed by atoms with Crippen LogP contribution in [0.25, 0.3) is 0 Å². The van der Waals surface area contributed by atoms with E-state index in [-0.39, 0.29) is 10.5 Å². The van der Waals surface area contributed by atoms with Gasteiger partial charge in [-0.1, -0.05) is 12.1 Å². The Morgan fingerprint density at radius 1 is 1.37 bits per heavy atom. The number of nitrogens with zero attached hydrogens (tertiary/aromatic N) is 2. The second-order valence-corrected chi connectivity index (χ2v) is 7.01. The van der Waals surface area contributed by atoms with Crippen LogP contribution in [0.2, 0.25) is 0 Å². The molecule has 0 saturated carbocycles. The highest BCUT2D eigenvalue weighted by Gasteiger charge is 2.39. The summed E-state index contributed by atoms with van der Waals surface area (Å²) in [6.45, 7) is 5.39. The van der Waals surface area contributed by atoms with E-state index in [0.29, 0.717) is 19.6 Å². The lowest BCUT2D eigenvalue weighted by Crippen LogP contribution is -2.59. The average Bonchev–Trinajstić information content (AvgIpc) is 2.37. The molecule has 0 bridgehead atoms. The molecule has 1 aliphatic rings. The third kappa shape index (κ3) is 2.50. The van der Waals surface area contributed by atoms with Crippen LogP contribution in [0.5, 0.6) is 0 Å². The van der Waals surface area contributed by atoms with E-state index in [0.717, 1.165) is 0 Å². The van der Waals surface area contributed by atoms with Crippen LogP contribution >= 0.6 is 0 Å². The maximum Gasteiger partial charge on any atom is 0.244 e. The van der Waals surface area contributed by atoms with Crippen molar-refractivity contribution in [2.24, 2.45) is 0 Å². The van der Waals surface area contributed by atoms with Gasteiger partial charge in [-0.2, -0.15) is 9.57 Å². The Labute approximate surface area is 113 Å². The van der Waals surface area contributed by atoms with Gasteiger partial charge in [0.1, 0.15) is 6.07 Å². The van der Waals surface area contributed by atoms with Crippen LogP contribution in [0.15, 0.2) is 29.2 Å². The average molecular weight is 279 g/mol. The van der Waals surface area contributed by atoms with E-state index in [1.165, 1.54) is 16.4 Å². The number of nitriles is 1. The van der Waals surface area contributed by atoms with Crippen molar-refractivity contribution in [1.29, 1.82) is 5.26 Å². The van der Waals surface area contributed by atoms with Gasteiger partial charge in [0.2, 0.25) is 10.0 Å². The van der Waals surface area contributed by atoms with Crippen LogP contribution in [0, 0.1) is 11.3 Å². The van der Waals surface area contributed by atoms with Crippen molar-refractivity contribution < 1.29 is 8.42 Å². The van der Waals surface area contributed by atoms with Crippen LogP contribution < -0.4 is 5.32 Å². The van der Waals surface area contributed by atoms with E-state index >= 15 is 0 Å². The first kappa shape index (κ1) is 14.0. The minimum atomic E-state index is -3.64. The lowest BCUT2D eigenvalue weighted by molar-refractivity contribution is 0.186. The second kappa shape index (κ2) is 4.93. The normalized spacial score (nSPS) is 19.8. The molecule has 1 heterocycles. The molecule has 1 aromatic rings. The summed E-state index contributed by atoms with van der Waals surface area (Å²) in [5, 5.41) is 12.3. The Kier molecular flexibility index (Phi) is 3.63. The highest BCUT2D eigenvalue weighted by Crippen LogP contribution is 2.27. The quantitative estimate of drug-likeness (QED) is 0.874. The Morgan fingerprint density at radius 2 is 2.05 bits per heavy atom. The molecule has 2 rings (SSSR count). The Balaban J connectivity index is 2.51. The summed E-state index contributed by atoms with van der Waals surface area (Å²) in [5.41, 5.74) is -0.309. The summed E-state index contributed by atoms with van der Waals surface area (Å²) in [5.74, 6) is 0. The van der Waals surface area contributed by atoms with Gasteiger partial charge in [-0.05, 0) is 26.0 Å². The maximum atomic E-state index is 12.7. The maximum absolute atomic E-state index is 12.7. The molecule has 0 aliphatic carbocycles. The summed E-state index contributed by atoms with van der Waals surface area (Å²) >= 11 is 0. The minimum absolute atomic E-state index is 0.0903. The summed E-state index contributed by atoms with van der Waals surface area (Å²) in [6, 6.07) is 8.28. The van der Waals surface area contributed by atoms with E-state index in [9.17, 15) is 8.42 Å². The van der Waals surface area contributed by atoms with Crippen LogP contribution in [-0.2, 0) is 10.0 Å². The Hall–Kier alpha value is -1.42. The van der Waals surface area contributed by atoms with E-state index in [2.05, 4.69) is 5.32 Å². The Bertz CT molecular complexity index is 617. The van der Waals surface area contributed by atoms with E-state index < -0.39 is 15.6 Å². The number of nitrogens with one attached hydrogen (secondary N) is 1. The zero-order valence-corrected chi connectivity index (χ0v) is 11.9. The van der Waals surface area contributed by atoms with Gasteiger partial charge in [-0.15, -0.1) is 0 Å². The summed E-state index contributed by atoms with van der Waals surface area (Å²) in [4.78, 5) is 0.0903. The molecule has 0 aromatic heterocycles. The zero-order chi connectivity index (χ0) is 14.1. The molecule has 1 saturated heterocycles. The standard InChI is InChI=1S/C13H17N3O2S/c1-13(2)10-15-7-8-16(13)19(17,18)12-6-4-3-5-11(12)9-14/h3-6,15H,7-8,10H2,1-2H3. The highest BCUT2D eigenvalue weighted by atomic mass is 32.2. The summed E-state index contributed by atoms with van der Waals surface area (Å²) in [6.07, 6.45) is 0. The predicted molar refractivity (Wildman–Crippen MR) is 72.0 cm³/mol. The van der Waals surface area contributed by atoms with Gasteiger partial charge in [-0.3, -0.25) is 0 Å².